The Morgan fingerprint density at radius 1 is 1.13 bits per heavy atom. The summed E-state index contributed by atoms with van der Waals surface area (Å²) in [4.78, 5) is 39.8. The lowest BCUT2D eigenvalue weighted by Crippen LogP contribution is -2.15. The van der Waals surface area contributed by atoms with Gasteiger partial charge < -0.3 is 19.5 Å². The number of ether oxygens (including phenoxy) is 3. The topological polar surface area (TPSA) is 121 Å². The Morgan fingerprint density at radius 3 is 2.65 bits per heavy atom. The van der Waals surface area contributed by atoms with Crippen LogP contribution in [0.25, 0.3) is 16.9 Å². The molecule has 0 atom stereocenters. The first-order chi connectivity index (χ1) is 15.0. The van der Waals surface area contributed by atoms with Crippen LogP contribution in [0.2, 0.25) is 0 Å². The van der Waals surface area contributed by atoms with Crippen LogP contribution in [0.3, 0.4) is 0 Å². The fourth-order valence-corrected chi connectivity index (χ4v) is 2.76. The van der Waals surface area contributed by atoms with Gasteiger partial charge in [0.15, 0.2) is 11.3 Å². The second-order valence-electron chi connectivity index (χ2n) is 6.13. The summed E-state index contributed by atoms with van der Waals surface area (Å²) in [6, 6.07) is 10.3. The van der Waals surface area contributed by atoms with Crippen LogP contribution >= 0.6 is 0 Å². The molecule has 160 valence electrons. The Morgan fingerprint density at radius 2 is 1.94 bits per heavy atom. The summed E-state index contributed by atoms with van der Waals surface area (Å²) in [6.07, 6.45) is 2.60. The highest BCUT2D eigenvalue weighted by atomic mass is 16.5. The Kier molecular flexibility index (Phi) is 6.61. The van der Waals surface area contributed by atoms with Crippen molar-refractivity contribution < 1.29 is 28.6 Å². The largest absolute Gasteiger partial charge is 0.466 e. The summed E-state index contributed by atoms with van der Waals surface area (Å²) in [5.41, 5.74) is 2.42. The smallest absolute Gasteiger partial charge is 0.358 e. The van der Waals surface area contributed by atoms with Crippen molar-refractivity contribution in [3.05, 3.63) is 60.1 Å². The minimum Gasteiger partial charge on any atom is -0.466 e. The molecule has 0 aliphatic rings. The summed E-state index contributed by atoms with van der Waals surface area (Å²) >= 11 is 0. The summed E-state index contributed by atoms with van der Waals surface area (Å²) in [6.45, 7) is 1.95. The second-order valence-corrected chi connectivity index (χ2v) is 6.13. The number of benzene rings is 1. The van der Waals surface area contributed by atoms with Gasteiger partial charge in [-0.05, 0) is 25.1 Å². The number of rotatable bonds is 7. The highest BCUT2D eigenvalue weighted by Crippen LogP contribution is 2.24. The average molecular weight is 424 g/mol. The third-order valence-corrected chi connectivity index (χ3v) is 4.15. The molecule has 0 aliphatic heterocycles. The molecule has 0 radical (unpaired) electrons. The third-order valence-electron chi connectivity index (χ3n) is 4.15. The molecule has 0 saturated carbocycles. The van der Waals surface area contributed by atoms with Crippen LogP contribution in [0.1, 0.15) is 17.4 Å². The van der Waals surface area contributed by atoms with Crippen molar-refractivity contribution in [1.82, 2.24) is 14.6 Å². The number of anilines is 1. The van der Waals surface area contributed by atoms with E-state index in [4.69, 9.17) is 9.47 Å². The molecular formula is C21H20N4O6. The molecule has 0 aliphatic carbocycles. The number of esters is 3. The number of carbonyl (C=O) groups excluding carboxylic acids is 3. The highest BCUT2D eigenvalue weighted by molar-refractivity contribution is 5.98. The molecule has 3 aromatic rings. The Bertz CT molecular complexity index is 1170. The maximum Gasteiger partial charge on any atom is 0.358 e. The van der Waals surface area contributed by atoms with Crippen LogP contribution in [-0.4, -0.2) is 53.3 Å². The zero-order chi connectivity index (χ0) is 22.4. The first kappa shape index (κ1) is 21.5. The maximum absolute atomic E-state index is 12.0. The van der Waals surface area contributed by atoms with Gasteiger partial charge in [-0.2, -0.15) is 5.10 Å². The summed E-state index contributed by atoms with van der Waals surface area (Å²) in [5.74, 6) is -1.97. The molecule has 0 bridgehead atoms. The van der Waals surface area contributed by atoms with Gasteiger partial charge in [0, 0.05) is 23.5 Å². The maximum atomic E-state index is 12.0. The number of hydrogen-bond donors (Lipinski definition) is 1. The number of nitrogens with zero attached hydrogens (tertiary/aromatic N) is 3. The number of hydrogen-bond acceptors (Lipinski definition) is 9. The second kappa shape index (κ2) is 9.53. The molecule has 10 nitrogen and oxygen atoms in total. The van der Waals surface area contributed by atoms with E-state index in [1.807, 2.05) is 6.07 Å². The van der Waals surface area contributed by atoms with Gasteiger partial charge in [-0.1, -0.05) is 12.1 Å². The Labute approximate surface area is 177 Å². The zero-order valence-corrected chi connectivity index (χ0v) is 17.1. The van der Waals surface area contributed by atoms with Gasteiger partial charge in [0.25, 0.3) is 0 Å². The van der Waals surface area contributed by atoms with Crippen LogP contribution < -0.4 is 5.32 Å². The predicted molar refractivity (Wildman–Crippen MR) is 110 cm³/mol. The molecule has 2 aromatic heterocycles. The van der Waals surface area contributed by atoms with Crippen LogP contribution in [-0.2, 0) is 23.8 Å². The van der Waals surface area contributed by atoms with Gasteiger partial charge in [-0.15, -0.1) is 0 Å². The Balaban J connectivity index is 1.98. The van der Waals surface area contributed by atoms with Gasteiger partial charge in [0.1, 0.15) is 5.70 Å². The van der Waals surface area contributed by atoms with Gasteiger partial charge in [0.2, 0.25) is 0 Å². The van der Waals surface area contributed by atoms with E-state index in [1.165, 1.54) is 24.8 Å². The number of carbonyl (C=O) groups is 3. The van der Waals surface area contributed by atoms with E-state index in [1.54, 1.807) is 37.4 Å². The molecule has 10 heteroatoms. The molecule has 31 heavy (non-hydrogen) atoms. The van der Waals surface area contributed by atoms with E-state index in [0.29, 0.717) is 17.0 Å². The van der Waals surface area contributed by atoms with Gasteiger partial charge in [-0.25, -0.2) is 23.9 Å². The van der Waals surface area contributed by atoms with Gasteiger partial charge in [-0.3, -0.25) is 0 Å². The van der Waals surface area contributed by atoms with E-state index in [0.717, 1.165) is 11.6 Å². The predicted octanol–water partition coefficient (Wildman–Crippen LogP) is 2.21. The van der Waals surface area contributed by atoms with Crippen molar-refractivity contribution in [2.45, 2.75) is 6.92 Å². The van der Waals surface area contributed by atoms with E-state index in [2.05, 4.69) is 20.1 Å². The van der Waals surface area contributed by atoms with Crippen molar-refractivity contribution in [3.8, 4) is 11.3 Å². The van der Waals surface area contributed by atoms with Gasteiger partial charge in [0.05, 0.1) is 32.6 Å². The number of methoxy groups -OCH3 is 2. The monoisotopic (exact) mass is 424 g/mol. The van der Waals surface area contributed by atoms with Crippen LogP contribution in [0.4, 0.5) is 5.69 Å². The first-order valence-corrected chi connectivity index (χ1v) is 9.24. The molecule has 0 saturated heterocycles. The van der Waals surface area contributed by atoms with Crippen LogP contribution in [0.5, 0.6) is 0 Å². The minimum absolute atomic E-state index is 0.0879. The number of nitrogens with one attached hydrogen (secondary N) is 1. The van der Waals surface area contributed by atoms with Gasteiger partial charge >= 0.3 is 17.9 Å². The summed E-state index contributed by atoms with van der Waals surface area (Å²) in [5, 5.41) is 7.16. The molecule has 1 N–H and O–H groups in total. The average Bonchev–Trinajstić information content (AvgIpc) is 3.23. The minimum atomic E-state index is -0.728. The lowest BCUT2D eigenvalue weighted by atomic mass is 10.1. The number of aromatic nitrogens is 3. The molecule has 0 amide bonds. The quantitative estimate of drug-likeness (QED) is 0.346. The summed E-state index contributed by atoms with van der Waals surface area (Å²) in [7, 11) is 2.41. The molecule has 3 rings (SSSR count). The third kappa shape index (κ3) is 4.86. The van der Waals surface area contributed by atoms with E-state index in [9.17, 15) is 14.4 Å². The molecule has 1 aromatic carbocycles. The van der Waals surface area contributed by atoms with Crippen LogP contribution in [0.15, 0.2) is 54.4 Å². The number of fused-ring (bicyclic) bond motifs is 1. The van der Waals surface area contributed by atoms with E-state index < -0.39 is 17.9 Å². The van der Waals surface area contributed by atoms with Crippen molar-refractivity contribution in [3.63, 3.8) is 0 Å². The lowest BCUT2D eigenvalue weighted by Gasteiger charge is -2.11. The molecule has 2 heterocycles. The molecule has 0 fully saturated rings. The highest BCUT2D eigenvalue weighted by Gasteiger charge is 2.16. The summed E-state index contributed by atoms with van der Waals surface area (Å²) < 4.78 is 15.8. The van der Waals surface area contributed by atoms with Crippen molar-refractivity contribution in [2.24, 2.45) is 0 Å². The Hall–Kier alpha value is -4.21. The molecular weight excluding hydrogens is 404 g/mol. The SMILES string of the molecule is CCOC(=O)c1cc2nccc(-c3cccc(N/C(=C/C(=O)OC)C(=O)OC)c3)n2n1. The molecule has 0 unspecified atom stereocenters. The van der Waals surface area contributed by atoms with Crippen molar-refractivity contribution >= 4 is 29.2 Å². The molecule has 0 spiro atoms. The zero-order valence-electron chi connectivity index (χ0n) is 17.1. The van der Waals surface area contributed by atoms with E-state index >= 15 is 0 Å². The van der Waals surface area contributed by atoms with Crippen molar-refractivity contribution in [2.75, 3.05) is 26.1 Å². The van der Waals surface area contributed by atoms with Crippen LogP contribution in [0, 0.1) is 0 Å². The fraction of sp³-hybridized carbons (Fsp3) is 0.190. The van der Waals surface area contributed by atoms with Crippen molar-refractivity contribution in [1.29, 1.82) is 0 Å². The fourth-order valence-electron chi connectivity index (χ4n) is 2.76. The normalized spacial score (nSPS) is 11.1. The van der Waals surface area contributed by atoms with E-state index in [-0.39, 0.29) is 18.0 Å². The standard InChI is InChI=1S/C21H20N4O6/c1-4-31-21(28)16-11-18-22-9-8-17(25(18)24-16)13-6-5-7-14(10-13)23-15(20(27)30-3)12-19(26)29-2/h5-12,23H,4H2,1-3H3/b15-12+. The first-order valence-electron chi connectivity index (χ1n) is 9.24. The lowest BCUT2D eigenvalue weighted by molar-refractivity contribution is -0.138.